The van der Waals surface area contributed by atoms with Gasteiger partial charge in [0.15, 0.2) is 0 Å². The summed E-state index contributed by atoms with van der Waals surface area (Å²) in [6.45, 7) is 5.24. The molecule has 126 valence electrons. The number of amides is 2. The van der Waals surface area contributed by atoms with Gasteiger partial charge in [0, 0.05) is 19.1 Å². The minimum atomic E-state index is -1.17. The van der Waals surface area contributed by atoms with Gasteiger partial charge in [0.1, 0.15) is 5.60 Å². The highest BCUT2D eigenvalue weighted by molar-refractivity contribution is 5.86. The molecule has 2 unspecified atom stereocenters. The Kier molecular flexibility index (Phi) is 5.84. The van der Waals surface area contributed by atoms with Gasteiger partial charge < -0.3 is 15.3 Å². The summed E-state index contributed by atoms with van der Waals surface area (Å²) in [6, 6.07) is 0.183. The highest BCUT2D eigenvalue weighted by Gasteiger charge is 2.43. The van der Waals surface area contributed by atoms with Crippen LogP contribution in [-0.4, -0.2) is 46.6 Å². The van der Waals surface area contributed by atoms with E-state index in [1.54, 1.807) is 4.90 Å². The molecule has 1 saturated carbocycles. The van der Waals surface area contributed by atoms with E-state index in [-0.39, 0.29) is 23.8 Å². The summed E-state index contributed by atoms with van der Waals surface area (Å²) < 4.78 is 0. The second-order valence-corrected chi connectivity index (χ2v) is 7.03. The number of likely N-dealkylation sites (tertiary alicyclic amines) is 1. The molecule has 0 aromatic carbocycles. The van der Waals surface area contributed by atoms with Crippen LogP contribution in [0.4, 0.5) is 0 Å². The van der Waals surface area contributed by atoms with Gasteiger partial charge in [-0.1, -0.05) is 13.3 Å². The molecule has 2 atom stereocenters. The summed E-state index contributed by atoms with van der Waals surface area (Å²) >= 11 is 0. The van der Waals surface area contributed by atoms with E-state index in [0.29, 0.717) is 25.9 Å². The van der Waals surface area contributed by atoms with Crippen molar-refractivity contribution in [3.63, 3.8) is 0 Å². The van der Waals surface area contributed by atoms with E-state index in [9.17, 15) is 14.7 Å². The SMILES string of the molecule is CCCC(C)NC(=O)C1CCCN(C(=O)C2(O)CCCC2)C1. The fraction of sp³-hybridized carbons (Fsp3) is 0.882. The summed E-state index contributed by atoms with van der Waals surface area (Å²) in [4.78, 5) is 26.6. The Morgan fingerprint density at radius 2 is 2.00 bits per heavy atom. The van der Waals surface area contributed by atoms with Gasteiger partial charge in [-0.05, 0) is 51.9 Å². The number of piperidine rings is 1. The summed E-state index contributed by atoms with van der Waals surface area (Å²) in [5, 5.41) is 13.5. The first-order chi connectivity index (χ1) is 10.5. The minimum absolute atomic E-state index is 0.0526. The highest BCUT2D eigenvalue weighted by atomic mass is 16.3. The Labute approximate surface area is 133 Å². The molecule has 0 bridgehead atoms. The van der Waals surface area contributed by atoms with Gasteiger partial charge in [0.2, 0.25) is 5.91 Å². The standard InChI is InChI=1S/C17H30N2O3/c1-3-7-13(2)18-15(20)14-8-6-11-19(12-14)16(21)17(22)9-4-5-10-17/h13-14,22H,3-12H2,1-2H3,(H,18,20). The number of aliphatic hydroxyl groups is 1. The van der Waals surface area contributed by atoms with E-state index < -0.39 is 5.60 Å². The van der Waals surface area contributed by atoms with E-state index >= 15 is 0 Å². The van der Waals surface area contributed by atoms with E-state index in [2.05, 4.69) is 12.2 Å². The Bertz CT molecular complexity index is 405. The molecular weight excluding hydrogens is 280 g/mol. The van der Waals surface area contributed by atoms with Crippen LogP contribution in [0.5, 0.6) is 0 Å². The molecule has 22 heavy (non-hydrogen) atoms. The summed E-state index contributed by atoms with van der Waals surface area (Å²) in [6.07, 6.45) is 6.63. The quantitative estimate of drug-likeness (QED) is 0.814. The second-order valence-electron chi connectivity index (χ2n) is 7.03. The van der Waals surface area contributed by atoms with E-state index in [0.717, 1.165) is 38.5 Å². The number of hydrogen-bond donors (Lipinski definition) is 2. The fourth-order valence-corrected chi connectivity index (χ4v) is 3.71. The second kappa shape index (κ2) is 7.44. The van der Waals surface area contributed by atoms with Crippen LogP contribution in [-0.2, 0) is 9.59 Å². The van der Waals surface area contributed by atoms with Crippen LogP contribution in [0.2, 0.25) is 0 Å². The predicted molar refractivity (Wildman–Crippen MR) is 85.2 cm³/mol. The lowest BCUT2D eigenvalue weighted by Gasteiger charge is -2.36. The zero-order valence-electron chi connectivity index (χ0n) is 13.9. The van der Waals surface area contributed by atoms with Crippen molar-refractivity contribution in [3.05, 3.63) is 0 Å². The molecule has 2 aliphatic rings. The zero-order chi connectivity index (χ0) is 16.2. The van der Waals surface area contributed by atoms with Crippen molar-refractivity contribution < 1.29 is 14.7 Å². The molecule has 2 rings (SSSR count). The molecule has 5 nitrogen and oxygen atoms in total. The molecule has 5 heteroatoms. The zero-order valence-corrected chi connectivity index (χ0v) is 13.9. The summed E-state index contributed by atoms with van der Waals surface area (Å²) in [7, 11) is 0. The minimum Gasteiger partial charge on any atom is -0.380 e. The van der Waals surface area contributed by atoms with E-state index in [1.807, 2.05) is 6.92 Å². The molecule has 0 radical (unpaired) electrons. The Morgan fingerprint density at radius 1 is 1.32 bits per heavy atom. The molecular formula is C17H30N2O3. The third-order valence-electron chi connectivity index (χ3n) is 5.02. The first-order valence-corrected chi connectivity index (χ1v) is 8.78. The van der Waals surface area contributed by atoms with Gasteiger partial charge in [-0.25, -0.2) is 0 Å². The average Bonchev–Trinajstić information content (AvgIpc) is 2.95. The Hall–Kier alpha value is -1.10. The lowest BCUT2D eigenvalue weighted by Crippen LogP contribution is -2.53. The lowest BCUT2D eigenvalue weighted by molar-refractivity contribution is -0.153. The molecule has 0 aromatic rings. The Balaban J connectivity index is 1.91. The summed E-state index contributed by atoms with van der Waals surface area (Å²) in [5.41, 5.74) is -1.17. The van der Waals surface area contributed by atoms with E-state index in [1.165, 1.54) is 0 Å². The van der Waals surface area contributed by atoms with Crippen molar-refractivity contribution in [3.8, 4) is 0 Å². The molecule has 2 fully saturated rings. The number of hydrogen-bond acceptors (Lipinski definition) is 3. The monoisotopic (exact) mass is 310 g/mol. The molecule has 0 aromatic heterocycles. The van der Waals surface area contributed by atoms with E-state index in [4.69, 9.17) is 0 Å². The molecule has 0 spiro atoms. The van der Waals surface area contributed by atoms with Crippen molar-refractivity contribution in [2.75, 3.05) is 13.1 Å². The maximum Gasteiger partial charge on any atom is 0.254 e. The first kappa shape index (κ1) is 17.3. The number of nitrogens with one attached hydrogen (secondary N) is 1. The molecule has 1 saturated heterocycles. The first-order valence-electron chi connectivity index (χ1n) is 8.78. The largest absolute Gasteiger partial charge is 0.380 e. The van der Waals surface area contributed by atoms with Crippen LogP contribution in [0.25, 0.3) is 0 Å². The maximum atomic E-state index is 12.6. The normalized spacial score (nSPS) is 25.8. The third-order valence-corrected chi connectivity index (χ3v) is 5.02. The van der Waals surface area contributed by atoms with Crippen molar-refractivity contribution in [1.29, 1.82) is 0 Å². The highest BCUT2D eigenvalue weighted by Crippen LogP contribution is 2.32. The molecule has 1 aliphatic heterocycles. The van der Waals surface area contributed by atoms with Crippen LogP contribution >= 0.6 is 0 Å². The lowest BCUT2D eigenvalue weighted by atomic mass is 9.93. The van der Waals surface area contributed by atoms with Crippen molar-refractivity contribution in [2.45, 2.75) is 76.9 Å². The average molecular weight is 310 g/mol. The van der Waals surface area contributed by atoms with Gasteiger partial charge in [-0.3, -0.25) is 9.59 Å². The van der Waals surface area contributed by atoms with Crippen molar-refractivity contribution in [2.24, 2.45) is 5.92 Å². The van der Waals surface area contributed by atoms with Gasteiger partial charge in [0.05, 0.1) is 5.92 Å². The summed E-state index contributed by atoms with van der Waals surface area (Å²) in [5.74, 6) is -0.247. The van der Waals surface area contributed by atoms with Crippen LogP contribution in [0.15, 0.2) is 0 Å². The van der Waals surface area contributed by atoms with Gasteiger partial charge >= 0.3 is 0 Å². The third kappa shape index (κ3) is 4.00. The Morgan fingerprint density at radius 3 is 2.64 bits per heavy atom. The van der Waals surface area contributed by atoms with Crippen molar-refractivity contribution in [1.82, 2.24) is 10.2 Å². The predicted octanol–water partition coefficient (Wildman–Crippen LogP) is 1.83. The van der Waals surface area contributed by atoms with Crippen LogP contribution in [0.3, 0.4) is 0 Å². The number of carbonyl (C=O) groups excluding carboxylic acids is 2. The molecule has 2 amide bonds. The van der Waals surface area contributed by atoms with Gasteiger partial charge in [-0.2, -0.15) is 0 Å². The van der Waals surface area contributed by atoms with Crippen molar-refractivity contribution >= 4 is 11.8 Å². The van der Waals surface area contributed by atoms with Crippen LogP contribution < -0.4 is 5.32 Å². The number of nitrogens with zero attached hydrogens (tertiary/aromatic N) is 1. The fourth-order valence-electron chi connectivity index (χ4n) is 3.71. The number of rotatable bonds is 5. The van der Waals surface area contributed by atoms with Gasteiger partial charge in [-0.15, -0.1) is 0 Å². The van der Waals surface area contributed by atoms with Crippen LogP contribution in [0.1, 0.15) is 65.2 Å². The molecule has 1 aliphatic carbocycles. The van der Waals surface area contributed by atoms with Gasteiger partial charge in [0.25, 0.3) is 5.91 Å². The maximum absolute atomic E-state index is 12.6. The smallest absolute Gasteiger partial charge is 0.254 e. The van der Waals surface area contributed by atoms with Crippen LogP contribution in [0, 0.1) is 5.92 Å². The number of carbonyl (C=O) groups is 2. The topological polar surface area (TPSA) is 69.6 Å². The molecule has 2 N–H and O–H groups in total. The molecule has 1 heterocycles.